The van der Waals surface area contributed by atoms with E-state index in [2.05, 4.69) is 10.1 Å². The highest BCUT2D eigenvalue weighted by Gasteiger charge is 2.27. The predicted octanol–water partition coefficient (Wildman–Crippen LogP) is 2.75. The molecule has 0 aliphatic rings. The summed E-state index contributed by atoms with van der Waals surface area (Å²) in [6, 6.07) is 7.40. The second-order valence-corrected chi connectivity index (χ2v) is 3.94. The minimum atomic E-state index is -4.28. The number of hydrogen-bond acceptors (Lipinski definition) is 3. The van der Waals surface area contributed by atoms with E-state index in [0.717, 1.165) is 18.7 Å². The third-order valence-corrected chi connectivity index (χ3v) is 2.26. The van der Waals surface area contributed by atoms with Gasteiger partial charge in [0, 0.05) is 6.54 Å². The van der Waals surface area contributed by atoms with Crippen molar-refractivity contribution in [1.29, 1.82) is 0 Å². The Kier molecular flexibility index (Phi) is 6.66. The molecule has 0 atom stereocenters. The maximum Gasteiger partial charge on any atom is 0.411 e. The van der Waals surface area contributed by atoms with Crippen LogP contribution in [0.2, 0.25) is 0 Å². The van der Waals surface area contributed by atoms with E-state index in [4.69, 9.17) is 4.74 Å². The molecule has 1 aromatic rings. The number of hydrogen-bond donors (Lipinski definition) is 1. The van der Waals surface area contributed by atoms with Gasteiger partial charge in [0.25, 0.3) is 0 Å². The Balaban J connectivity index is 2.19. The molecule has 0 radical (unpaired) electrons. The van der Waals surface area contributed by atoms with E-state index < -0.39 is 12.8 Å². The number of ether oxygens (including phenoxy) is 2. The topological polar surface area (TPSA) is 30.5 Å². The largest absolute Gasteiger partial charge is 0.491 e. The van der Waals surface area contributed by atoms with Gasteiger partial charge >= 0.3 is 6.18 Å². The molecule has 0 saturated heterocycles. The Bertz CT molecular complexity index is 352. The van der Waals surface area contributed by atoms with Crippen LogP contribution in [0.4, 0.5) is 13.2 Å². The molecule has 1 rings (SSSR count). The lowest BCUT2D eigenvalue weighted by Crippen LogP contribution is -2.19. The van der Waals surface area contributed by atoms with Crippen molar-refractivity contribution in [2.75, 3.05) is 26.4 Å². The molecule has 3 nitrogen and oxygen atoms in total. The zero-order valence-electron chi connectivity index (χ0n) is 10.8. The van der Waals surface area contributed by atoms with E-state index >= 15 is 0 Å². The van der Waals surface area contributed by atoms with Crippen LogP contribution >= 0.6 is 0 Å². The minimum absolute atomic E-state index is 0.0847. The van der Waals surface area contributed by atoms with Crippen LogP contribution in [0.15, 0.2) is 24.3 Å². The number of alkyl halides is 3. The Morgan fingerprint density at radius 2 is 1.79 bits per heavy atom. The number of halogens is 3. The first-order chi connectivity index (χ1) is 9.01. The lowest BCUT2D eigenvalue weighted by molar-refractivity contribution is -0.175. The van der Waals surface area contributed by atoms with Crippen molar-refractivity contribution in [1.82, 2.24) is 5.32 Å². The molecule has 0 aromatic heterocycles. The first kappa shape index (κ1) is 15.8. The summed E-state index contributed by atoms with van der Waals surface area (Å²) >= 11 is 0. The molecule has 0 amide bonds. The van der Waals surface area contributed by atoms with E-state index in [1.807, 2.05) is 19.1 Å². The van der Waals surface area contributed by atoms with Gasteiger partial charge in [-0.3, -0.25) is 0 Å². The number of nitrogens with one attached hydrogen (secondary N) is 1. The molecule has 1 aromatic carbocycles. The average Bonchev–Trinajstić information content (AvgIpc) is 2.36. The molecule has 0 aliphatic heterocycles. The molecule has 1 N–H and O–H groups in total. The summed E-state index contributed by atoms with van der Waals surface area (Å²) < 4.78 is 45.0. The molecule has 0 unspecified atom stereocenters. The van der Waals surface area contributed by atoms with Crippen molar-refractivity contribution in [3.8, 4) is 5.75 Å². The van der Waals surface area contributed by atoms with Gasteiger partial charge in [0.05, 0.1) is 6.61 Å². The van der Waals surface area contributed by atoms with Crippen LogP contribution in [0.3, 0.4) is 0 Å². The maximum atomic E-state index is 11.8. The predicted molar refractivity (Wildman–Crippen MR) is 66.2 cm³/mol. The lowest BCUT2D eigenvalue weighted by atomic mass is 10.2. The van der Waals surface area contributed by atoms with Crippen molar-refractivity contribution in [2.24, 2.45) is 0 Å². The van der Waals surface area contributed by atoms with Crippen LogP contribution in [0, 0.1) is 0 Å². The highest BCUT2D eigenvalue weighted by molar-refractivity contribution is 5.27. The van der Waals surface area contributed by atoms with E-state index in [-0.39, 0.29) is 13.2 Å². The van der Waals surface area contributed by atoms with Gasteiger partial charge in [-0.2, -0.15) is 13.2 Å². The molecular weight excluding hydrogens is 259 g/mol. The zero-order valence-corrected chi connectivity index (χ0v) is 10.8. The average molecular weight is 277 g/mol. The first-order valence-corrected chi connectivity index (χ1v) is 6.08. The number of benzene rings is 1. The summed E-state index contributed by atoms with van der Waals surface area (Å²) in [5, 5.41) is 3.19. The van der Waals surface area contributed by atoms with Crippen molar-refractivity contribution >= 4 is 0 Å². The summed E-state index contributed by atoms with van der Waals surface area (Å²) in [7, 11) is 0. The molecular formula is C13H18F3NO2. The summed E-state index contributed by atoms with van der Waals surface area (Å²) in [6.07, 6.45) is -4.28. The van der Waals surface area contributed by atoms with E-state index in [1.54, 1.807) is 12.1 Å². The molecule has 0 spiro atoms. The van der Waals surface area contributed by atoms with Crippen LogP contribution in [0.5, 0.6) is 5.75 Å². The summed E-state index contributed by atoms with van der Waals surface area (Å²) in [5.41, 5.74) is 1.13. The van der Waals surface area contributed by atoms with E-state index in [1.165, 1.54) is 0 Å². The molecule has 6 heteroatoms. The van der Waals surface area contributed by atoms with Gasteiger partial charge in [-0.05, 0) is 24.2 Å². The minimum Gasteiger partial charge on any atom is -0.491 e. The van der Waals surface area contributed by atoms with Gasteiger partial charge in [-0.15, -0.1) is 0 Å². The second kappa shape index (κ2) is 8.01. The first-order valence-electron chi connectivity index (χ1n) is 6.08. The fraction of sp³-hybridized carbons (Fsp3) is 0.538. The maximum absolute atomic E-state index is 11.8. The molecule has 0 saturated carbocycles. The van der Waals surface area contributed by atoms with Gasteiger partial charge in [0.2, 0.25) is 0 Å². The fourth-order valence-corrected chi connectivity index (χ4v) is 1.38. The highest BCUT2D eigenvalue weighted by Crippen LogP contribution is 2.15. The Morgan fingerprint density at radius 3 is 2.37 bits per heavy atom. The molecule has 108 valence electrons. The summed E-state index contributed by atoms with van der Waals surface area (Å²) in [6.45, 7) is 2.48. The normalized spacial score (nSPS) is 11.6. The van der Waals surface area contributed by atoms with Crippen LogP contribution in [0.25, 0.3) is 0 Å². The van der Waals surface area contributed by atoms with Gasteiger partial charge in [-0.1, -0.05) is 19.1 Å². The van der Waals surface area contributed by atoms with Gasteiger partial charge in [0.1, 0.15) is 19.0 Å². The smallest absolute Gasteiger partial charge is 0.411 e. The Morgan fingerprint density at radius 1 is 1.11 bits per heavy atom. The van der Waals surface area contributed by atoms with E-state index in [9.17, 15) is 13.2 Å². The van der Waals surface area contributed by atoms with Gasteiger partial charge in [0.15, 0.2) is 0 Å². The summed E-state index contributed by atoms with van der Waals surface area (Å²) in [5.74, 6) is 0.621. The lowest BCUT2D eigenvalue weighted by Gasteiger charge is -2.09. The third-order valence-electron chi connectivity index (χ3n) is 2.26. The van der Waals surface area contributed by atoms with Crippen molar-refractivity contribution in [3.05, 3.63) is 29.8 Å². The van der Waals surface area contributed by atoms with Crippen molar-refractivity contribution in [3.63, 3.8) is 0 Å². The molecule has 0 fully saturated rings. The van der Waals surface area contributed by atoms with Crippen LogP contribution < -0.4 is 10.1 Å². The zero-order chi connectivity index (χ0) is 14.1. The molecule has 0 bridgehead atoms. The number of rotatable bonds is 8. The molecule has 0 aliphatic carbocycles. The standard InChI is InChI=1S/C13H18F3NO2/c1-2-17-9-11-3-5-12(6-4-11)19-8-7-18-10-13(14,15)16/h3-6,17H,2,7-10H2,1H3. The summed E-state index contributed by atoms with van der Waals surface area (Å²) in [4.78, 5) is 0. The molecule has 19 heavy (non-hydrogen) atoms. The van der Waals surface area contributed by atoms with Gasteiger partial charge in [-0.25, -0.2) is 0 Å². The fourth-order valence-electron chi connectivity index (χ4n) is 1.38. The second-order valence-electron chi connectivity index (χ2n) is 3.94. The van der Waals surface area contributed by atoms with Crippen LogP contribution in [-0.4, -0.2) is 32.5 Å². The van der Waals surface area contributed by atoms with Crippen LogP contribution in [0.1, 0.15) is 12.5 Å². The monoisotopic (exact) mass is 277 g/mol. The molecule has 0 heterocycles. The SMILES string of the molecule is CCNCc1ccc(OCCOCC(F)(F)F)cc1. The Labute approximate surface area is 110 Å². The highest BCUT2D eigenvalue weighted by atomic mass is 19.4. The quantitative estimate of drug-likeness (QED) is 0.741. The van der Waals surface area contributed by atoms with E-state index in [0.29, 0.717) is 5.75 Å². The van der Waals surface area contributed by atoms with Crippen molar-refractivity contribution < 1.29 is 22.6 Å². The van der Waals surface area contributed by atoms with Crippen LogP contribution in [-0.2, 0) is 11.3 Å². The van der Waals surface area contributed by atoms with Crippen molar-refractivity contribution in [2.45, 2.75) is 19.6 Å². The Hall–Kier alpha value is -1.27. The van der Waals surface area contributed by atoms with Gasteiger partial charge < -0.3 is 14.8 Å². The third kappa shape index (κ3) is 7.69.